The van der Waals surface area contributed by atoms with E-state index in [-0.39, 0.29) is 17.7 Å². The summed E-state index contributed by atoms with van der Waals surface area (Å²) in [7, 11) is 1.60. The quantitative estimate of drug-likeness (QED) is 0.858. The van der Waals surface area contributed by atoms with Crippen molar-refractivity contribution in [3.63, 3.8) is 0 Å². The lowest BCUT2D eigenvalue weighted by molar-refractivity contribution is -0.0372. The summed E-state index contributed by atoms with van der Waals surface area (Å²) in [6, 6.07) is 7.50. The maximum Gasteiger partial charge on any atom is 0.257 e. The number of amides is 1. The topological polar surface area (TPSA) is 87.8 Å². The van der Waals surface area contributed by atoms with Crippen molar-refractivity contribution in [2.24, 2.45) is 11.8 Å². The summed E-state index contributed by atoms with van der Waals surface area (Å²) in [6.07, 6.45) is 3.03. The smallest absolute Gasteiger partial charge is 0.257 e. The first-order valence-electron chi connectivity index (χ1n) is 8.90. The second-order valence-electron chi connectivity index (χ2n) is 7.18. The molecular formula is C19H23N3O4. The molecule has 4 atom stereocenters. The van der Waals surface area contributed by atoms with Gasteiger partial charge in [-0.25, -0.2) is 4.68 Å². The van der Waals surface area contributed by atoms with E-state index >= 15 is 0 Å². The number of methoxy groups -OCH3 is 1. The molecule has 0 unspecified atom stereocenters. The summed E-state index contributed by atoms with van der Waals surface area (Å²) >= 11 is 0. The van der Waals surface area contributed by atoms with Crippen molar-refractivity contribution in [2.75, 3.05) is 20.2 Å². The van der Waals surface area contributed by atoms with Crippen LogP contribution in [0.2, 0.25) is 0 Å². The molecule has 1 amide bonds. The molecule has 138 valence electrons. The van der Waals surface area contributed by atoms with Crippen molar-refractivity contribution in [1.82, 2.24) is 14.7 Å². The van der Waals surface area contributed by atoms with Gasteiger partial charge in [0.05, 0.1) is 31.1 Å². The Morgan fingerprint density at radius 2 is 1.81 bits per heavy atom. The summed E-state index contributed by atoms with van der Waals surface area (Å²) in [5.74, 6) is 1.12. The number of carbonyl (C=O) groups is 1. The lowest BCUT2D eigenvalue weighted by Crippen LogP contribution is -2.38. The molecule has 2 heterocycles. The first-order chi connectivity index (χ1) is 12.6. The Morgan fingerprint density at radius 3 is 2.46 bits per heavy atom. The highest BCUT2D eigenvalue weighted by molar-refractivity contribution is 5.94. The third-order valence-electron chi connectivity index (χ3n) is 5.56. The van der Waals surface area contributed by atoms with Crippen LogP contribution in [0.3, 0.4) is 0 Å². The lowest BCUT2D eigenvalue weighted by atomic mass is 9.79. The minimum Gasteiger partial charge on any atom is -0.494 e. The van der Waals surface area contributed by atoms with E-state index in [1.54, 1.807) is 24.2 Å². The fraction of sp³-hybridized carbons (Fsp3) is 0.474. The van der Waals surface area contributed by atoms with Crippen LogP contribution in [-0.4, -0.2) is 63.2 Å². The standard InChI is InChI=1S/C19H23N3O4/c1-26-18-5-3-2-4-15(18)22-11-14(8-20-22)19(25)21-9-12-6-16(23)17(24)7-13(12)10-21/h2-5,8,11-13,16-17,23-24H,6-7,9-10H2,1H3/t12-,13+,16+,17-. The zero-order valence-corrected chi connectivity index (χ0v) is 14.7. The number of hydrogen-bond donors (Lipinski definition) is 2. The minimum absolute atomic E-state index is 0.0653. The zero-order valence-electron chi connectivity index (χ0n) is 14.7. The van der Waals surface area contributed by atoms with Gasteiger partial charge >= 0.3 is 0 Å². The number of aliphatic hydroxyl groups is 2. The van der Waals surface area contributed by atoms with Crippen LogP contribution in [0.25, 0.3) is 5.69 Å². The van der Waals surface area contributed by atoms with Gasteiger partial charge in [-0.1, -0.05) is 12.1 Å². The first kappa shape index (κ1) is 17.1. The van der Waals surface area contributed by atoms with Crippen LogP contribution in [0.15, 0.2) is 36.7 Å². The van der Waals surface area contributed by atoms with E-state index in [0.717, 1.165) is 5.69 Å². The molecule has 0 spiro atoms. The average molecular weight is 357 g/mol. The van der Waals surface area contributed by atoms with Crippen LogP contribution in [0.4, 0.5) is 0 Å². The maximum atomic E-state index is 12.9. The SMILES string of the molecule is COc1ccccc1-n1cc(C(=O)N2C[C@H]3C[C@H](O)[C@H](O)C[C@H]3C2)cn1. The molecule has 1 saturated heterocycles. The number of nitrogens with zero attached hydrogens (tertiary/aromatic N) is 3. The molecule has 7 heteroatoms. The van der Waals surface area contributed by atoms with E-state index in [1.807, 2.05) is 29.2 Å². The highest BCUT2D eigenvalue weighted by Crippen LogP contribution is 2.37. The van der Waals surface area contributed by atoms with Crippen molar-refractivity contribution in [1.29, 1.82) is 0 Å². The molecule has 2 aromatic rings. The number of fused-ring (bicyclic) bond motifs is 1. The van der Waals surface area contributed by atoms with E-state index in [9.17, 15) is 15.0 Å². The van der Waals surface area contributed by atoms with Crippen LogP contribution in [0, 0.1) is 11.8 Å². The van der Waals surface area contributed by atoms with E-state index < -0.39 is 12.2 Å². The van der Waals surface area contributed by atoms with Gasteiger partial charge in [-0.05, 0) is 36.8 Å². The van der Waals surface area contributed by atoms with Crippen LogP contribution in [0.1, 0.15) is 23.2 Å². The van der Waals surface area contributed by atoms with Gasteiger partial charge in [-0.15, -0.1) is 0 Å². The highest BCUT2D eigenvalue weighted by atomic mass is 16.5. The third-order valence-corrected chi connectivity index (χ3v) is 5.56. The Kier molecular flexibility index (Phi) is 4.42. The van der Waals surface area contributed by atoms with E-state index in [2.05, 4.69) is 5.10 Å². The number of likely N-dealkylation sites (tertiary alicyclic amines) is 1. The molecule has 1 aliphatic heterocycles. The molecule has 1 aliphatic carbocycles. The number of aliphatic hydroxyl groups excluding tert-OH is 2. The van der Waals surface area contributed by atoms with Crippen molar-refractivity contribution >= 4 is 5.91 Å². The molecule has 2 N–H and O–H groups in total. The number of carbonyl (C=O) groups excluding carboxylic acids is 1. The van der Waals surface area contributed by atoms with E-state index in [4.69, 9.17) is 4.74 Å². The first-order valence-corrected chi connectivity index (χ1v) is 8.90. The van der Waals surface area contributed by atoms with Crippen molar-refractivity contribution < 1.29 is 19.7 Å². The number of para-hydroxylation sites is 2. The molecule has 26 heavy (non-hydrogen) atoms. The Balaban J connectivity index is 1.51. The second-order valence-corrected chi connectivity index (χ2v) is 7.18. The number of hydrogen-bond acceptors (Lipinski definition) is 5. The van der Waals surface area contributed by atoms with Crippen LogP contribution >= 0.6 is 0 Å². The maximum absolute atomic E-state index is 12.9. The van der Waals surface area contributed by atoms with E-state index in [0.29, 0.717) is 37.2 Å². The molecule has 2 aliphatic rings. The Hall–Kier alpha value is -2.38. The predicted octanol–water partition coefficient (Wildman–Crippen LogP) is 1.08. The summed E-state index contributed by atoms with van der Waals surface area (Å²) in [5, 5.41) is 24.0. The zero-order chi connectivity index (χ0) is 18.3. The van der Waals surface area contributed by atoms with Gasteiger partial charge in [0, 0.05) is 19.3 Å². The summed E-state index contributed by atoms with van der Waals surface area (Å²) in [4.78, 5) is 14.7. The summed E-state index contributed by atoms with van der Waals surface area (Å²) in [5.41, 5.74) is 1.30. The number of aromatic nitrogens is 2. The van der Waals surface area contributed by atoms with E-state index in [1.165, 1.54) is 0 Å². The Labute approximate surface area is 151 Å². The predicted molar refractivity (Wildman–Crippen MR) is 94.2 cm³/mol. The van der Waals surface area contributed by atoms with Gasteiger partial charge in [-0.2, -0.15) is 5.10 Å². The van der Waals surface area contributed by atoms with Crippen molar-refractivity contribution in [3.05, 3.63) is 42.2 Å². The number of rotatable bonds is 3. The Bertz CT molecular complexity index is 788. The van der Waals surface area contributed by atoms with Gasteiger partial charge in [-0.3, -0.25) is 4.79 Å². The van der Waals surface area contributed by atoms with Crippen LogP contribution < -0.4 is 4.74 Å². The molecule has 2 fully saturated rings. The fourth-order valence-electron chi connectivity index (χ4n) is 4.14. The molecule has 0 bridgehead atoms. The van der Waals surface area contributed by atoms with Crippen molar-refractivity contribution in [2.45, 2.75) is 25.0 Å². The van der Waals surface area contributed by atoms with Gasteiger partial charge in [0.2, 0.25) is 0 Å². The summed E-state index contributed by atoms with van der Waals surface area (Å²) in [6.45, 7) is 1.24. The minimum atomic E-state index is -0.681. The lowest BCUT2D eigenvalue weighted by Gasteiger charge is -2.31. The summed E-state index contributed by atoms with van der Waals surface area (Å²) < 4.78 is 6.99. The van der Waals surface area contributed by atoms with Crippen LogP contribution in [-0.2, 0) is 0 Å². The van der Waals surface area contributed by atoms with Crippen LogP contribution in [0.5, 0.6) is 5.75 Å². The van der Waals surface area contributed by atoms with Crippen molar-refractivity contribution in [3.8, 4) is 11.4 Å². The largest absolute Gasteiger partial charge is 0.494 e. The van der Waals surface area contributed by atoms with Gasteiger partial charge < -0.3 is 19.8 Å². The Morgan fingerprint density at radius 1 is 1.15 bits per heavy atom. The molecule has 1 aromatic carbocycles. The molecule has 1 saturated carbocycles. The third kappa shape index (κ3) is 2.97. The highest BCUT2D eigenvalue weighted by Gasteiger charge is 2.42. The number of ether oxygens (including phenoxy) is 1. The molecule has 0 radical (unpaired) electrons. The average Bonchev–Trinajstić information content (AvgIpc) is 3.28. The fourth-order valence-corrected chi connectivity index (χ4v) is 4.14. The van der Waals surface area contributed by atoms with Gasteiger partial charge in [0.25, 0.3) is 5.91 Å². The molecule has 1 aromatic heterocycles. The number of benzene rings is 1. The molecule has 7 nitrogen and oxygen atoms in total. The molecular weight excluding hydrogens is 334 g/mol. The normalized spacial score (nSPS) is 28.0. The monoisotopic (exact) mass is 357 g/mol. The van der Waals surface area contributed by atoms with Gasteiger partial charge in [0.15, 0.2) is 0 Å². The van der Waals surface area contributed by atoms with Gasteiger partial charge in [0.1, 0.15) is 11.4 Å². The molecule has 4 rings (SSSR count). The second kappa shape index (κ2) is 6.74.